The second-order valence-corrected chi connectivity index (χ2v) is 6.63. The van der Waals surface area contributed by atoms with E-state index >= 15 is 0 Å². The maximum absolute atomic E-state index is 12.2. The van der Waals surface area contributed by atoms with Crippen molar-refractivity contribution in [1.82, 2.24) is 4.72 Å². The van der Waals surface area contributed by atoms with Crippen molar-refractivity contribution in [2.45, 2.75) is 38.6 Å². The molecule has 0 saturated carbocycles. The number of carbonyl (C=O) groups is 1. The highest BCUT2D eigenvalue weighted by atomic mass is 32.2. The molecule has 0 aliphatic heterocycles. The van der Waals surface area contributed by atoms with Gasteiger partial charge in [0.2, 0.25) is 10.0 Å². The van der Waals surface area contributed by atoms with Crippen molar-refractivity contribution >= 4 is 16.0 Å². The van der Waals surface area contributed by atoms with Crippen molar-refractivity contribution in [3.63, 3.8) is 0 Å². The Morgan fingerprint density at radius 3 is 2.26 bits per heavy atom. The standard InChI is InChI=1S/C13H19NO4S/c1-8(2)12(13(15)16)14-19(17,18)11-6-5-9(3)7-10(11)4/h5-8,12,14H,1-4H3,(H,15,16)/t12-/m1/s1. The molecule has 1 atom stereocenters. The molecule has 1 aromatic rings. The third-order valence-corrected chi connectivity index (χ3v) is 4.44. The van der Waals surface area contributed by atoms with E-state index in [1.54, 1.807) is 32.9 Å². The SMILES string of the molecule is Cc1ccc(S(=O)(=O)N[C@@H](C(=O)O)C(C)C)c(C)c1. The van der Waals surface area contributed by atoms with Gasteiger partial charge in [-0.2, -0.15) is 4.72 Å². The molecular formula is C13H19NO4S. The number of aryl methyl sites for hydroxylation is 2. The van der Waals surface area contributed by atoms with Gasteiger partial charge in [-0.1, -0.05) is 31.5 Å². The highest BCUT2D eigenvalue weighted by molar-refractivity contribution is 7.89. The van der Waals surface area contributed by atoms with Crippen LogP contribution in [0.2, 0.25) is 0 Å². The summed E-state index contributed by atoms with van der Waals surface area (Å²) in [7, 11) is -3.83. The number of hydrogen-bond acceptors (Lipinski definition) is 3. The third kappa shape index (κ3) is 3.78. The van der Waals surface area contributed by atoms with Crippen LogP contribution >= 0.6 is 0 Å². The number of carboxylic acids is 1. The highest BCUT2D eigenvalue weighted by Gasteiger charge is 2.28. The van der Waals surface area contributed by atoms with Gasteiger partial charge in [0.15, 0.2) is 0 Å². The minimum Gasteiger partial charge on any atom is -0.480 e. The molecule has 0 unspecified atom stereocenters. The number of rotatable bonds is 5. The zero-order valence-electron chi connectivity index (χ0n) is 11.5. The van der Waals surface area contributed by atoms with Crippen molar-refractivity contribution in [2.24, 2.45) is 5.92 Å². The van der Waals surface area contributed by atoms with Gasteiger partial charge in [0, 0.05) is 0 Å². The van der Waals surface area contributed by atoms with E-state index in [0.29, 0.717) is 5.56 Å². The fourth-order valence-corrected chi connectivity index (χ4v) is 3.37. The number of benzene rings is 1. The summed E-state index contributed by atoms with van der Waals surface area (Å²) in [5, 5.41) is 9.04. The van der Waals surface area contributed by atoms with Crippen LogP contribution in [-0.4, -0.2) is 25.5 Å². The van der Waals surface area contributed by atoms with E-state index in [0.717, 1.165) is 5.56 Å². The molecule has 0 spiro atoms. The van der Waals surface area contributed by atoms with Crippen molar-refractivity contribution in [1.29, 1.82) is 0 Å². The second-order valence-electron chi connectivity index (χ2n) is 4.95. The van der Waals surface area contributed by atoms with Crippen molar-refractivity contribution < 1.29 is 18.3 Å². The van der Waals surface area contributed by atoms with Gasteiger partial charge in [-0.15, -0.1) is 0 Å². The monoisotopic (exact) mass is 285 g/mol. The maximum atomic E-state index is 12.2. The molecule has 5 nitrogen and oxygen atoms in total. The Labute approximate surface area is 113 Å². The fraction of sp³-hybridized carbons (Fsp3) is 0.462. The van der Waals surface area contributed by atoms with E-state index in [9.17, 15) is 13.2 Å². The van der Waals surface area contributed by atoms with Crippen LogP contribution in [0.3, 0.4) is 0 Å². The van der Waals surface area contributed by atoms with Crippen LogP contribution in [0.1, 0.15) is 25.0 Å². The molecule has 2 N–H and O–H groups in total. The molecule has 0 amide bonds. The largest absolute Gasteiger partial charge is 0.480 e. The molecule has 1 rings (SSSR count). The van der Waals surface area contributed by atoms with Gasteiger partial charge in [-0.25, -0.2) is 8.42 Å². The quantitative estimate of drug-likeness (QED) is 0.862. The molecule has 1 aromatic carbocycles. The minimum absolute atomic E-state index is 0.116. The van der Waals surface area contributed by atoms with Gasteiger partial charge >= 0.3 is 5.97 Å². The highest BCUT2D eigenvalue weighted by Crippen LogP contribution is 2.17. The first kappa shape index (κ1) is 15.7. The van der Waals surface area contributed by atoms with Gasteiger partial charge in [-0.3, -0.25) is 4.79 Å². The first-order valence-electron chi connectivity index (χ1n) is 5.97. The molecule has 0 bridgehead atoms. The van der Waals surface area contributed by atoms with Crippen LogP contribution in [0.4, 0.5) is 0 Å². The molecule has 106 valence electrons. The van der Waals surface area contributed by atoms with Crippen LogP contribution in [0.25, 0.3) is 0 Å². The number of carboxylic acid groups (broad SMARTS) is 1. The fourth-order valence-electron chi connectivity index (χ4n) is 1.80. The third-order valence-electron chi connectivity index (χ3n) is 2.83. The lowest BCUT2D eigenvalue weighted by Crippen LogP contribution is -2.44. The average Bonchev–Trinajstić information content (AvgIpc) is 2.24. The summed E-state index contributed by atoms with van der Waals surface area (Å²) >= 11 is 0. The lowest BCUT2D eigenvalue weighted by molar-refractivity contribution is -0.140. The Morgan fingerprint density at radius 2 is 1.84 bits per heavy atom. The topological polar surface area (TPSA) is 83.5 Å². The molecule has 19 heavy (non-hydrogen) atoms. The summed E-state index contributed by atoms with van der Waals surface area (Å²) in [6.07, 6.45) is 0. The molecule has 0 aliphatic rings. The zero-order valence-corrected chi connectivity index (χ0v) is 12.3. The molecular weight excluding hydrogens is 266 g/mol. The Kier molecular flexibility index (Phi) is 4.70. The first-order chi connectivity index (χ1) is 8.65. The second kappa shape index (κ2) is 5.71. The molecule has 0 aliphatic carbocycles. The molecule has 0 aromatic heterocycles. The van der Waals surface area contributed by atoms with Gasteiger partial charge in [0.1, 0.15) is 6.04 Å². The first-order valence-corrected chi connectivity index (χ1v) is 7.46. The Balaban J connectivity index is 3.14. The summed E-state index contributed by atoms with van der Waals surface area (Å²) in [5.41, 5.74) is 1.55. The van der Waals surface area contributed by atoms with Crippen LogP contribution in [0.5, 0.6) is 0 Å². The number of aliphatic carboxylic acids is 1. The van der Waals surface area contributed by atoms with E-state index in [1.807, 2.05) is 6.92 Å². The Bertz CT molecular complexity index is 578. The zero-order chi connectivity index (χ0) is 14.8. The van der Waals surface area contributed by atoms with E-state index in [2.05, 4.69) is 4.72 Å². The summed E-state index contributed by atoms with van der Waals surface area (Å²) in [4.78, 5) is 11.2. The van der Waals surface area contributed by atoms with Crippen molar-refractivity contribution in [3.05, 3.63) is 29.3 Å². The van der Waals surface area contributed by atoms with E-state index < -0.39 is 22.0 Å². The van der Waals surface area contributed by atoms with E-state index in [4.69, 9.17) is 5.11 Å². The average molecular weight is 285 g/mol. The van der Waals surface area contributed by atoms with Crippen molar-refractivity contribution in [2.75, 3.05) is 0 Å². The van der Waals surface area contributed by atoms with Crippen molar-refractivity contribution in [3.8, 4) is 0 Å². The summed E-state index contributed by atoms with van der Waals surface area (Å²) in [6.45, 7) is 6.87. The smallest absolute Gasteiger partial charge is 0.322 e. The Morgan fingerprint density at radius 1 is 1.26 bits per heavy atom. The summed E-state index contributed by atoms with van der Waals surface area (Å²) in [5.74, 6) is -1.51. The van der Waals surface area contributed by atoms with E-state index in [-0.39, 0.29) is 10.8 Å². The van der Waals surface area contributed by atoms with Gasteiger partial charge in [0.25, 0.3) is 0 Å². The maximum Gasteiger partial charge on any atom is 0.322 e. The van der Waals surface area contributed by atoms with Crippen LogP contribution < -0.4 is 4.72 Å². The number of hydrogen-bond donors (Lipinski definition) is 2. The summed E-state index contributed by atoms with van der Waals surface area (Å²) in [6, 6.07) is 3.80. The predicted octanol–water partition coefficient (Wildman–Crippen LogP) is 1.69. The molecule has 6 heteroatoms. The predicted molar refractivity (Wildman–Crippen MR) is 72.5 cm³/mol. The lowest BCUT2D eigenvalue weighted by Gasteiger charge is -2.18. The number of nitrogens with one attached hydrogen (secondary N) is 1. The van der Waals surface area contributed by atoms with Gasteiger partial charge in [0.05, 0.1) is 4.90 Å². The van der Waals surface area contributed by atoms with E-state index in [1.165, 1.54) is 6.07 Å². The molecule has 0 radical (unpaired) electrons. The van der Waals surface area contributed by atoms with Crippen LogP contribution in [-0.2, 0) is 14.8 Å². The molecule has 0 heterocycles. The lowest BCUT2D eigenvalue weighted by atomic mass is 10.1. The summed E-state index contributed by atoms with van der Waals surface area (Å²) < 4.78 is 26.7. The molecule has 0 fully saturated rings. The minimum atomic E-state index is -3.83. The van der Waals surface area contributed by atoms with Crippen LogP contribution in [0, 0.1) is 19.8 Å². The van der Waals surface area contributed by atoms with Crippen LogP contribution in [0.15, 0.2) is 23.1 Å². The van der Waals surface area contributed by atoms with Gasteiger partial charge in [-0.05, 0) is 31.4 Å². The normalized spacial score (nSPS) is 13.5. The van der Waals surface area contributed by atoms with Gasteiger partial charge < -0.3 is 5.11 Å². The molecule has 0 saturated heterocycles. The Hall–Kier alpha value is -1.40. The number of sulfonamides is 1.